The smallest absolute Gasteiger partial charge is 0.171 e. The van der Waals surface area contributed by atoms with Gasteiger partial charge < -0.3 is 21.9 Å². The number of aromatic nitrogens is 4. The molecule has 0 amide bonds. The van der Waals surface area contributed by atoms with Crippen LogP contribution in [0.1, 0.15) is 12.6 Å². The van der Waals surface area contributed by atoms with Crippen LogP contribution in [-0.4, -0.2) is 51.9 Å². The molecular weight excluding hydrogens is 334 g/mol. The quantitative estimate of drug-likeness (QED) is 0.605. The number of fused-ring (bicyclic) bond motifs is 1. The third kappa shape index (κ3) is 2.86. The van der Waals surface area contributed by atoms with E-state index in [-0.39, 0.29) is 18.0 Å². The van der Waals surface area contributed by atoms with Gasteiger partial charge in [0.1, 0.15) is 11.8 Å². The van der Waals surface area contributed by atoms with Crippen molar-refractivity contribution < 1.29 is 13.2 Å². The molecule has 130 valence electrons. The zero-order valence-corrected chi connectivity index (χ0v) is 13.6. The highest BCUT2D eigenvalue weighted by Crippen LogP contribution is 2.31. The van der Waals surface area contributed by atoms with Gasteiger partial charge in [0.05, 0.1) is 30.3 Å². The van der Waals surface area contributed by atoms with Crippen molar-refractivity contribution in [3.05, 3.63) is 24.6 Å². The van der Waals surface area contributed by atoms with Gasteiger partial charge in [-0.3, -0.25) is 4.57 Å². The summed E-state index contributed by atoms with van der Waals surface area (Å²) in [5.74, 6) is 0.150. The standard InChI is InChI=1S/C13H19N7O3S/c1-2-24(21,22)4-3-7-8(14)9(15)13(23-7)20-6-19-10-11(16)17-5-18-12(10)20/h2,5-9,13H,1,3-4,14-15H2,(H2,16,17,18)/t7-,8-,9-,13-/m1/s1. The summed E-state index contributed by atoms with van der Waals surface area (Å²) in [6, 6.07) is -1.07. The molecule has 4 atom stereocenters. The summed E-state index contributed by atoms with van der Waals surface area (Å²) in [4.78, 5) is 12.2. The summed E-state index contributed by atoms with van der Waals surface area (Å²) >= 11 is 0. The topological polar surface area (TPSA) is 165 Å². The maximum Gasteiger partial charge on any atom is 0.171 e. The predicted molar refractivity (Wildman–Crippen MR) is 88.2 cm³/mol. The first-order valence-electron chi connectivity index (χ1n) is 7.29. The van der Waals surface area contributed by atoms with Gasteiger partial charge in [0.2, 0.25) is 0 Å². The number of nitrogens with zero attached hydrogens (tertiary/aromatic N) is 4. The molecule has 0 bridgehead atoms. The molecule has 0 aromatic carbocycles. The highest BCUT2D eigenvalue weighted by molar-refractivity contribution is 7.94. The molecule has 3 rings (SSSR count). The number of hydrogen-bond donors (Lipinski definition) is 3. The molecule has 11 heteroatoms. The lowest BCUT2D eigenvalue weighted by Crippen LogP contribution is -2.45. The monoisotopic (exact) mass is 353 g/mol. The average molecular weight is 353 g/mol. The van der Waals surface area contributed by atoms with Crippen LogP contribution >= 0.6 is 0 Å². The van der Waals surface area contributed by atoms with Crippen molar-refractivity contribution in [1.82, 2.24) is 19.5 Å². The molecule has 1 fully saturated rings. The molecule has 0 spiro atoms. The second kappa shape index (κ2) is 6.09. The Bertz CT molecular complexity index is 866. The number of rotatable bonds is 5. The minimum absolute atomic E-state index is 0.103. The first-order chi connectivity index (χ1) is 11.3. The fourth-order valence-electron chi connectivity index (χ4n) is 2.73. The van der Waals surface area contributed by atoms with Crippen LogP contribution in [0.4, 0.5) is 5.82 Å². The largest absolute Gasteiger partial charge is 0.382 e. The summed E-state index contributed by atoms with van der Waals surface area (Å²) in [7, 11) is -3.33. The van der Waals surface area contributed by atoms with Crippen LogP contribution < -0.4 is 17.2 Å². The van der Waals surface area contributed by atoms with E-state index >= 15 is 0 Å². The Labute approximate surface area is 138 Å². The molecule has 0 aliphatic carbocycles. The van der Waals surface area contributed by atoms with Gasteiger partial charge in [-0.25, -0.2) is 23.4 Å². The van der Waals surface area contributed by atoms with Gasteiger partial charge in [0, 0.05) is 5.41 Å². The highest BCUT2D eigenvalue weighted by Gasteiger charge is 2.42. The van der Waals surface area contributed by atoms with E-state index in [0.717, 1.165) is 5.41 Å². The van der Waals surface area contributed by atoms with Gasteiger partial charge >= 0.3 is 0 Å². The molecule has 0 radical (unpaired) electrons. The lowest BCUT2D eigenvalue weighted by molar-refractivity contribution is -0.00299. The maximum absolute atomic E-state index is 11.6. The average Bonchev–Trinajstić information content (AvgIpc) is 3.10. The van der Waals surface area contributed by atoms with E-state index in [1.54, 1.807) is 4.57 Å². The fourth-order valence-corrected chi connectivity index (χ4v) is 3.46. The fraction of sp³-hybridized carbons (Fsp3) is 0.462. The molecule has 24 heavy (non-hydrogen) atoms. The van der Waals surface area contributed by atoms with E-state index < -0.39 is 34.3 Å². The molecule has 2 aromatic heterocycles. The normalized spacial score (nSPS) is 27.6. The number of anilines is 1. The van der Waals surface area contributed by atoms with Crippen LogP contribution in [0.5, 0.6) is 0 Å². The van der Waals surface area contributed by atoms with E-state index in [4.69, 9.17) is 21.9 Å². The first-order valence-corrected chi connectivity index (χ1v) is 9.00. The molecular formula is C13H19N7O3S. The molecule has 1 aliphatic rings. The second-order valence-corrected chi connectivity index (χ2v) is 7.69. The van der Waals surface area contributed by atoms with E-state index in [1.165, 1.54) is 12.7 Å². The SMILES string of the molecule is C=CS(=O)(=O)CC[C@H]1O[C@@H](n2cnc3c(N)ncnc32)[C@H](N)[C@@H]1N. The summed E-state index contributed by atoms with van der Waals surface area (Å²) in [5.41, 5.74) is 19.0. The number of imidazole rings is 1. The lowest BCUT2D eigenvalue weighted by atomic mass is 10.0. The maximum atomic E-state index is 11.6. The Hall–Kier alpha value is -2.08. The Balaban J connectivity index is 1.84. The van der Waals surface area contributed by atoms with E-state index in [2.05, 4.69) is 21.5 Å². The van der Waals surface area contributed by atoms with E-state index in [9.17, 15) is 8.42 Å². The molecule has 6 N–H and O–H groups in total. The number of sulfone groups is 1. The van der Waals surface area contributed by atoms with Crippen LogP contribution in [0, 0.1) is 0 Å². The van der Waals surface area contributed by atoms with Gasteiger partial charge in [-0.2, -0.15) is 0 Å². The first kappa shape index (κ1) is 16.8. The molecule has 0 saturated carbocycles. The van der Waals surface area contributed by atoms with Crippen LogP contribution in [0.3, 0.4) is 0 Å². The van der Waals surface area contributed by atoms with Crippen LogP contribution in [0.2, 0.25) is 0 Å². The number of nitrogen functional groups attached to an aromatic ring is 1. The summed E-state index contributed by atoms with van der Waals surface area (Å²) < 4.78 is 30.7. The second-order valence-electron chi connectivity index (χ2n) is 5.63. The van der Waals surface area contributed by atoms with Crippen molar-refractivity contribution >= 4 is 26.8 Å². The summed E-state index contributed by atoms with van der Waals surface area (Å²) in [6.45, 7) is 3.29. The van der Waals surface area contributed by atoms with Crippen LogP contribution in [0.25, 0.3) is 11.2 Å². The van der Waals surface area contributed by atoms with Gasteiger partial charge in [-0.05, 0) is 6.42 Å². The van der Waals surface area contributed by atoms with Crippen molar-refractivity contribution in [2.45, 2.75) is 30.8 Å². The Morgan fingerprint density at radius 3 is 2.75 bits per heavy atom. The Morgan fingerprint density at radius 1 is 1.29 bits per heavy atom. The van der Waals surface area contributed by atoms with E-state index in [1.807, 2.05) is 0 Å². The van der Waals surface area contributed by atoms with E-state index in [0.29, 0.717) is 11.2 Å². The van der Waals surface area contributed by atoms with Crippen molar-refractivity contribution in [1.29, 1.82) is 0 Å². The molecule has 2 aromatic rings. The number of hydrogen-bond acceptors (Lipinski definition) is 9. The third-order valence-corrected chi connectivity index (χ3v) is 5.43. The summed E-state index contributed by atoms with van der Waals surface area (Å²) in [5, 5.41) is 0.925. The lowest BCUT2D eigenvalue weighted by Gasteiger charge is -2.17. The predicted octanol–water partition coefficient (Wildman–Crippen LogP) is -1.09. The van der Waals surface area contributed by atoms with Crippen molar-refractivity contribution in [2.24, 2.45) is 11.5 Å². The van der Waals surface area contributed by atoms with Crippen LogP contribution in [-0.2, 0) is 14.6 Å². The molecule has 1 aliphatic heterocycles. The van der Waals surface area contributed by atoms with Gasteiger partial charge in [-0.1, -0.05) is 6.58 Å². The van der Waals surface area contributed by atoms with Gasteiger partial charge in [-0.15, -0.1) is 0 Å². The molecule has 10 nitrogen and oxygen atoms in total. The third-order valence-electron chi connectivity index (χ3n) is 4.12. The molecule has 3 heterocycles. The number of nitrogens with two attached hydrogens (primary N) is 3. The van der Waals surface area contributed by atoms with Crippen molar-refractivity contribution in [3.63, 3.8) is 0 Å². The Morgan fingerprint density at radius 2 is 2.04 bits per heavy atom. The highest BCUT2D eigenvalue weighted by atomic mass is 32.2. The number of ether oxygens (including phenoxy) is 1. The zero-order chi connectivity index (χ0) is 17.5. The summed E-state index contributed by atoms with van der Waals surface area (Å²) in [6.07, 6.45) is 1.94. The minimum Gasteiger partial charge on any atom is -0.382 e. The zero-order valence-electron chi connectivity index (χ0n) is 12.8. The Kier molecular flexibility index (Phi) is 4.25. The van der Waals surface area contributed by atoms with Gasteiger partial charge in [0.25, 0.3) is 0 Å². The van der Waals surface area contributed by atoms with Crippen molar-refractivity contribution in [3.8, 4) is 0 Å². The van der Waals surface area contributed by atoms with Crippen LogP contribution in [0.15, 0.2) is 24.6 Å². The minimum atomic E-state index is -3.33. The molecule has 0 unspecified atom stereocenters. The molecule has 1 saturated heterocycles. The van der Waals surface area contributed by atoms with Crippen molar-refractivity contribution in [2.75, 3.05) is 11.5 Å². The van der Waals surface area contributed by atoms with Gasteiger partial charge in [0.15, 0.2) is 27.5 Å².